The maximum atomic E-state index is 12.3. The van der Waals surface area contributed by atoms with Gasteiger partial charge >= 0.3 is 0 Å². The van der Waals surface area contributed by atoms with Crippen LogP contribution in [0, 0.1) is 5.92 Å². The Kier molecular flexibility index (Phi) is 4.35. The minimum Gasteiger partial charge on any atom is -0.398 e. The molecular formula is C12H17ClN2O3S. The molecule has 19 heavy (non-hydrogen) atoms. The molecule has 1 aromatic rings. The Labute approximate surface area is 118 Å². The van der Waals surface area contributed by atoms with Crippen molar-refractivity contribution < 1.29 is 13.2 Å². The van der Waals surface area contributed by atoms with Crippen molar-refractivity contribution in [1.29, 1.82) is 0 Å². The number of anilines is 1. The minimum absolute atomic E-state index is 0.0533. The number of ether oxygens (including phenoxy) is 1. The minimum atomic E-state index is -3.72. The van der Waals surface area contributed by atoms with E-state index in [1.165, 1.54) is 12.1 Å². The Morgan fingerprint density at radius 2 is 2.26 bits per heavy atom. The third kappa shape index (κ3) is 3.20. The highest BCUT2D eigenvalue weighted by Crippen LogP contribution is 2.28. The van der Waals surface area contributed by atoms with Gasteiger partial charge in [0.05, 0.1) is 17.3 Å². The van der Waals surface area contributed by atoms with Gasteiger partial charge in [-0.15, -0.1) is 0 Å². The van der Waals surface area contributed by atoms with Crippen LogP contribution in [0.2, 0.25) is 5.02 Å². The molecule has 0 bridgehead atoms. The summed E-state index contributed by atoms with van der Waals surface area (Å²) in [6.45, 7) is 3.07. The smallest absolute Gasteiger partial charge is 0.244 e. The second-order valence-electron chi connectivity index (χ2n) is 4.69. The van der Waals surface area contributed by atoms with Crippen LogP contribution in [0.3, 0.4) is 0 Å². The molecule has 1 fully saturated rings. The van der Waals surface area contributed by atoms with Crippen molar-refractivity contribution in [2.75, 3.05) is 18.9 Å². The summed E-state index contributed by atoms with van der Waals surface area (Å²) in [6, 6.07) is 4.42. The standard InChI is InChI=1S/C12H17ClN2O3S/c1-8(9-5-6-18-7-9)15-19(16,17)12-10(13)3-2-4-11(12)14/h2-4,8-9,15H,5-7,14H2,1H3. The molecule has 2 rings (SSSR count). The van der Waals surface area contributed by atoms with Crippen molar-refractivity contribution in [1.82, 2.24) is 4.72 Å². The van der Waals surface area contributed by atoms with Crippen LogP contribution in [-0.4, -0.2) is 27.7 Å². The van der Waals surface area contributed by atoms with Gasteiger partial charge < -0.3 is 10.5 Å². The monoisotopic (exact) mass is 304 g/mol. The second-order valence-corrected chi connectivity index (χ2v) is 6.75. The maximum absolute atomic E-state index is 12.3. The number of sulfonamides is 1. The molecule has 7 heteroatoms. The van der Waals surface area contributed by atoms with Gasteiger partial charge in [0.25, 0.3) is 0 Å². The normalized spacial score (nSPS) is 21.5. The van der Waals surface area contributed by atoms with Gasteiger partial charge in [-0.1, -0.05) is 17.7 Å². The van der Waals surface area contributed by atoms with Gasteiger partial charge in [-0.25, -0.2) is 13.1 Å². The molecule has 106 valence electrons. The Morgan fingerprint density at radius 1 is 1.53 bits per heavy atom. The van der Waals surface area contributed by atoms with Gasteiger partial charge in [-0.3, -0.25) is 0 Å². The number of nitrogens with two attached hydrogens (primary N) is 1. The molecule has 1 aliphatic heterocycles. The third-order valence-corrected chi connectivity index (χ3v) is 5.38. The van der Waals surface area contributed by atoms with E-state index in [2.05, 4.69) is 4.72 Å². The number of nitrogens with one attached hydrogen (secondary N) is 1. The summed E-state index contributed by atoms with van der Waals surface area (Å²) >= 11 is 5.93. The highest BCUT2D eigenvalue weighted by Gasteiger charge is 2.28. The summed E-state index contributed by atoms with van der Waals surface area (Å²) < 4.78 is 32.5. The number of halogens is 1. The quantitative estimate of drug-likeness (QED) is 0.828. The average Bonchev–Trinajstić information content (AvgIpc) is 2.80. The van der Waals surface area contributed by atoms with Crippen molar-refractivity contribution in [3.8, 4) is 0 Å². The lowest BCUT2D eigenvalue weighted by Crippen LogP contribution is -2.38. The number of benzene rings is 1. The first-order valence-corrected chi connectivity index (χ1v) is 7.92. The molecule has 1 heterocycles. The predicted molar refractivity (Wildman–Crippen MR) is 74.6 cm³/mol. The summed E-state index contributed by atoms with van der Waals surface area (Å²) in [5.74, 6) is 0.179. The lowest BCUT2D eigenvalue weighted by molar-refractivity contribution is 0.180. The van der Waals surface area contributed by atoms with E-state index in [0.29, 0.717) is 13.2 Å². The highest BCUT2D eigenvalue weighted by molar-refractivity contribution is 7.89. The van der Waals surface area contributed by atoms with Crippen LogP contribution in [0.15, 0.2) is 23.1 Å². The van der Waals surface area contributed by atoms with Crippen LogP contribution in [0.4, 0.5) is 5.69 Å². The van der Waals surface area contributed by atoms with Crippen molar-refractivity contribution in [2.24, 2.45) is 5.92 Å². The van der Waals surface area contributed by atoms with E-state index in [4.69, 9.17) is 22.1 Å². The zero-order chi connectivity index (χ0) is 14.0. The van der Waals surface area contributed by atoms with Gasteiger partial charge in [0.2, 0.25) is 10.0 Å². The van der Waals surface area contributed by atoms with Gasteiger partial charge in [-0.2, -0.15) is 0 Å². The predicted octanol–water partition coefficient (Wildman–Crippen LogP) is 1.63. The molecular weight excluding hydrogens is 288 g/mol. The molecule has 0 saturated carbocycles. The molecule has 5 nitrogen and oxygen atoms in total. The number of hydrogen-bond donors (Lipinski definition) is 2. The van der Waals surface area contributed by atoms with Crippen LogP contribution in [0.25, 0.3) is 0 Å². The van der Waals surface area contributed by atoms with Crippen molar-refractivity contribution in [3.05, 3.63) is 23.2 Å². The number of hydrogen-bond acceptors (Lipinski definition) is 4. The largest absolute Gasteiger partial charge is 0.398 e. The van der Waals surface area contributed by atoms with Crippen LogP contribution in [0.1, 0.15) is 13.3 Å². The van der Waals surface area contributed by atoms with E-state index in [1.54, 1.807) is 6.07 Å². The molecule has 0 spiro atoms. The summed E-state index contributed by atoms with van der Waals surface area (Å²) in [6.07, 6.45) is 0.849. The lowest BCUT2D eigenvalue weighted by atomic mass is 10.0. The van der Waals surface area contributed by atoms with Crippen molar-refractivity contribution in [2.45, 2.75) is 24.3 Å². The molecule has 3 N–H and O–H groups in total. The first kappa shape index (κ1) is 14.6. The van der Waals surface area contributed by atoms with Crippen LogP contribution >= 0.6 is 11.6 Å². The fraction of sp³-hybridized carbons (Fsp3) is 0.500. The second kappa shape index (κ2) is 5.66. The first-order valence-electron chi connectivity index (χ1n) is 6.06. The Hall–Kier alpha value is -0.820. The molecule has 1 saturated heterocycles. The van der Waals surface area contributed by atoms with E-state index in [-0.39, 0.29) is 27.6 Å². The molecule has 2 atom stereocenters. The van der Waals surface area contributed by atoms with Crippen molar-refractivity contribution >= 4 is 27.3 Å². The van der Waals surface area contributed by atoms with Crippen LogP contribution in [0.5, 0.6) is 0 Å². The van der Waals surface area contributed by atoms with E-state index in [0.717, 1.165) is 6.42 Å². The van der Waals surface area contributed by atoms with Crippen LogP contribution < -0.4 is 10.5 Å². The molecule has 1 aliphatic rings. The molecule has 0 aliphatic carbocycles. The molecule has 0 aromatic heterocycles. The fourth-order valence-electron chi connectivity index (χ4n) is 2.16. The van der Waals surface area contributed by atoms with Gasteiger partial charge in [0.1, 0.15) is 4.90 Å². The van der Waals surface area contributed by atoms with E-state index < -0.39 is 10.0 Å². The molecule has 0 amide bonds. The number of rotatable bonds is 4. The first-order chi connectivity index (χ1) is 8.92. The SMILES string of the molecule is CC(NS(=O)(=O)c1c(N)cccc1Cl)C1CCOC1. The van der Waals surface area contributed by atoms with E-state index >= 15 is 0 Å². The molecule has 2 unspecified atom stereocenters. The van der Waals surface area contributed by atoms with Gasteiger partial charge in [-0.05, 0) is 25.5 Å². The Bertz CT molecular complexity index is 536. The average molecular weight is 305 g/mol. The van der Waals surface area contributed by atoms with Crippen molar-refractivity contribution in [3.63, 3.8) is 0 Å². The fourth-order valence-corrected chi connectivity index (χ4v) is 4.15. The Balaban J connectivity index is 2.22. The summed E-state index contributed by atoms with van der Waals surface area (Å²) in [5, 5.41) is 0.127. The van der Waals surface area contributed by atoms with Crippen LogP contribution in [-0.2, 0) is 14.8 Å². The zero-order valence-corrected chi connectivity index (χ0v) is 12.2. The lowest BCUT2D eigenvalue weighted by Gasteiger charge is -2.20. The highest BCUT2D eigenvalue weighted by atomic mass is 35.5. The summed E-state index contributed by atoms with van der Waals surface area (Å²) in [4.78, 5) is -0.0533. The maximum Gasteiger partial charge on any atom is 0.244 e. The topological polar surface area (TPSA) is 81.4 Å². The summed E-state index contributed by atoms with van der Waals surface area (Å²) in [5.41, 5.74) is 5.86. The number of nitrogen functional groups attached to an aromatic ring is 1. The Morgan fingerprint density at radius 3 is 2.84 bits per heavy atom. The van der Waals surface area contributed by atoms with Gasteiger partial charge in [0, 0.05) is 18.6 Å². The molecule has 1 aromatic carbocycles. The molecule has 0 radical (unpaired) electrons. The zero-order valence-electron chi connectivity index (χ0n) is 10.6. The van der Waals surface area contributed by atoms with E-state index in [9.17, 15) is 8.42 Å². The van der Waals surface area contributed by atoms with E-state index in [1.807, 2.05) is 6.92 Å². The van der Waals surface area contributed by atoms with Gasteiger partial charge in [0.15, 0.2) is 0 Å². The third-order valence-electron chi connectivity index (χ3n) is 3.28. The summed E-state index contributed by atoms with van der Waals surface area (Å²) in [7, 11) is -3.72.